The highest BCUT2D eigenvalue weighted by Gasteiger charge is 2.06. The number of ether oxygens (including phenoxy) is 1. The van der Waals surface area contributed by atoms with Crippen molar-refractivity contribution in [3.8, 4) is 5.75 Å². The number of halogens is 1. The normalized spacial score (nSPS) is 10.6. The second-order valence-electron chi connectivity index (χ2n) is 6.41. The number of nitrogens with one attached hydrogen (secondary N) is 2. The van der Waals surface area contributed by atoms with Gasteiger partial charge < -0.3 is 10.1 Å². The van der Waals surface area contributed by atoms with E-state index in [0.717, 1.165) is 11.1 Å². The lowest BCUT2D eigenvalue weighted by Gasteiger charge is -2.07. The van der Waals surface area contributed by atoms with Crippen LogP contribution in [0.1, 0.15) is 28.4 Å². The van der Waals surface area contributed by atoms with E-state index in [2.05, 4.69) is 15.8 Å². The molecule has 0 aliphatic heterocycles. The Bertz CT molecular complexity index is 1070. The lowest BCUT2D eigenvalue weighted by Crippen LogP contribution is -2.18. The standard InChI is InChI=1S/C23H20ClN3O3/c1-16(28)26-20-7-4-6-18(13-20)23(29)27-25-14-17-9-11-21(12-10-17)30-15-19-5-2-3-8-22(19)24/h2-14H,15H2,1H3,(H,26,28)(H,27,29)/b25-14-. The summed E-state index contributed by atoms with van der Waals surface area (Å²) in [6, 6.07) is 21.4. The Morgan fingerprint density at radius 1 is 1.03 bits per heavy atom. The van der Waals surface area contributed by atoms with Crippen molar-refractivity contribution >= 4 is 35.3 Å². The first-order valence-electron chi connectivity index (χ1n) is 9.18. The maximum Gasteiger partial charge on any atom is 0.271 e. The van der Waals surface area contributed by atoms with Crippen molar-refractivity contribution < 1.29 is 14.3 Å². The number of carbonyl (C=O) groups is 2. The van der Waals surface area contributed by atoms with Gasteiger partial charge >= 0.3 is 0 Å². The van der Waals surface area contributed by atoms with Gasteiger partial charge in [0.15, 0.2) is 0 Å². The maximum atomic E-state index is 12.2. The zero-order valence-corrected chi connectivity index (χ0v) is 17.0. The number of anilines is 1. The molecule has 0 aliphatic carbocycles. The molecule has 0 aromatic heterocycles. The number of amides is 2. The van der Waals surface area contributed by atoms with Crippen LogP contribution in [0, 0.1) is 0 Å². The van der Waals surface area contributed by atoms with Gasteiger partial charge in [0.05, 0.1) is 6.21 Å². The van der Waals surface area contributed by atoms with Crippen LogP contribution in [0.25, 0.3) is 0 Å². The lowest BCUT2D eigenvalue weighted by molar-refractivity contribution is -0.114. The average molecular weight is 422 g/mol. The van der Waals surface area contributed by atoms with E-state index in [1.54, 1.807) is 24.3 Å². The number of hydrazone groups is 1. The predicted molar refractivity (Wildman–Crippen MR) is 118 cm³/mol. The molecule has 3 rings (SSSR count). The Kier molecular flexibility index (Phi) is 7.19. The number of nitrogens with zero attached hydrogens (tertiary/aromatic N) is 1. The molecule has 0 bridgehead atoms. The molecule has 0 saturated heterocycles. The topological polar surface area (TPSA) is 79.8 Å². The third kappa shape index (κ3) is 6.18. The summed E-state index contributed by atoms with van der Waals surface area (Å²) in [4.78, 5) is 23.3. The molecule has 2 N–H and O–H groups in total. The van der Waals surface area contributed by atoms with Gasteiger partial charge in [-0.15, -0.1) is 0 Å². The highest BCUT2D eigenvalue weighted by Crippen LogP contribution is 2.18. The number of hydrogen-bond acceptors (Lipinski definition) is 4. The monoisotopic (exact) mass is 421 g/mol. The van der Waals surface area contributed by atoms with E-state index in [1.807, 2.05) is 48.5 Å². The predicted octanol–water partition coefficient (Wildman–Crippen LogP) is 4.64. The summed E-state index contributed by atoms with van der Waals surface area (Å²) >= 11 is 6.12. The minimum atomic E-state index is -0.377. The van der Waals surface area contributed by atoms with Gasteiger partial charge in [-0.1, -0.05) is 35.9 Å². The van der Waals surface area contributed by atoms with Crippen molar-refractivity contribution in [3.63, 3.8) is 0 Å². The minimum Gasteiger partial charge on any atom is -0.489 e. The molecule has 2 amide bonds. The Hall–Kier alpha value is -3.64. The molecule has 30 heavy (non-hydrogen) atoms. The first-order valence-corrected chi connectivity index (χ1v) is 9.56. The summed E-state index contributed by atoms with van der Waals surface area (Å²) in [5, 5.41) is 7.27. The van der Waals surface area contributed by atoms with Crippen LogP contribution in [0.2, 0.25) is 5.02 Å². The van der Waals surface area contributed by atoms with E-state index in [4.69, 9.17) is 16.3 Å². The Balaban J connectivity index is 1.53. The Morgan fingerprint density at radius 3 is 2.53 bits per heavy atom. The molecule has 152 valence electrons. The van der Waals surface area contributed by atoms with Gasteiger partial charge in [-0.05, 0) is 54.1 Å². The van der Waals surface area contributed by atoms with E-state index in [0.29, 0.717) is 28.6 Å². The summed E-state index contributed by atoms with van der Waals surface area (Å²) < 4.78 is 5.74. The van der Waals surface area contributed by atoms with Crippen LogP contribution in [0.15, 0.2) is 77.9 Å². The first-order chi connectivity index (χ1) is 14.5. The molecule has 6 nitrogen and oxygen atoms in total. The van der Waals surface area contributed by atoms with Gasteiger partial charge in [0.2, 0.25) is 5.91 Å². The smallest absolute Gasteiger partial charge is 0.271 e. The second-order valence-corrected chi connectivity index (χ2v) is 6.82. The molecule has 0 fully saturated rings. The Labute approximate surface area is 179 Å². The second kappa shape index (κ2) is 10.2. The largest absolute Gasteiger partial charge is 0.489 e. The fourth-order valence-electron chi connectivity index (χ4n) is 2.60. The van der Waals surface area contributed by atoms with Crippen molar-refractivity contribution in [2.24, 2.45) is 5.10 Å². The van der Waals surface area contributed by atoms with Crippen LogP contribution < -0.4 is 15.5 Å². The summed E-state index contributed by atoms with van der Waals surface area (Å²) in [6.45, 7) is 1.78. The van der Waals surface area contributed by atoms with Crippen LogP contribution in [0.4, 0.5) is 5.69 Å². The molecule has 0 aliphatic rings. The average Bonchev–Trinajstić information content (AvgIpc) is 2.74. The zero-order chi connectivity index (χ0) is 21.3. The number of benzene rings is 3. The molecule has 0 radical (unpaired) electrons. The SMILES string of the molecule is CC(=O)Nc1cccc(C(=O)N/N=C\c2ccc(OCc3ccccc3Cl)cc2)c1. The van der Waals surface area contributed by atoms with Crippen LogP contribution in [0.3, 0.4) is 0 Å². The molecule has 7 heteroatoms. The van der Waals surface area contributed by atoms with Crippen LogP contribution in [0.5, 0.6) is 5.75 Å². The number of carbonyl (C=O) groups excluding carboxylic acids is 2. The summed E-state index contributed by atoms with van der Waals surface area (Å²) in [7, 11) is 0. The van der Waals surface area contributed by atoms with Gasteiger partial charge in [0.1, 0.15) is 12.4 Å². The number of rotatable bonds is 7. The highest BCUT2D eigenvalue weighted by molar-refractivity contribution is 6.31. The van der Waals surface area contributed by atoms with Gasteiger partial charge in [0.25, 0.3) is 5.91 Å². The fourth-order valence-corrected chi connectivity index (χ4v) is 2.79. The van der Waals surface area contributed by atoms with E-state index in [9.17, 15) is 9.59 Å². The van der Waals surface area contributed by atoms with Crippen molar-refractivity contribution in [2.45, 2.75) is 13.5 Å². The zero-order valence-electron chi connectivity index (χ0n) is 16.3. The third-order valence-electron chi connectivity index (χ3n) is 4.06. The molecular formula is C23H20ClN3O3. The molecule has 0 saturated carbocycles. The van der Waals surface area contributed by atoms with Crippen molar-refractivity contribution in [3.05, 3.63) is 94.5 Å². The van der Waals surface area contributed by atoms with E-state index < -0.39 is 0 Å². The summed E-state index contributed by atoms with van der Waals surface area (Å²) in [5.41, 5.74) is 5.12. The van der Waals surface area contributed by atoms with Gasteiger partial charge in [0, 0.05) is 28.8 Å². The molecule has 0 heterocycles. The van der Waals surface area contributed by atoms with E-state index in [1.165, 1.54) is 13.1 Å². The molecule has 3 aromatic rings. The van der Waals surface area contributed by atoms with Crippen molar-refractivity contribution in [1.29, 1.82) is 0 Å². The molecule has 0 spiro atoms. The third-order valence-corrected chi connectivity index (χ3v) is 4.43. The fraction of sp³-hybridized carbons (Fsp3) is 0.0870. The Morgan fingerprint density at radius 2 is 1.80 bits per heavy atom. The van der Waals surface area contributed by atoms with Gasteiger partial charge in [-0.2, -0.15) is 5.10 Å². The maximum absolute atomic E-state index is 12.2. The van der Waals surface area contributed by atoms with Crippen LogP contribution >= 0.6 is 11.6 Å². The molecule has 0 atom stereocenters. The quantitative estimate of drug-likeness (QED) is 0.430. The molecule has 3 aromatic carbocycles. The van der Waals surface area contributed by atoms with Gasteiger partial charge in [-0.3, -0.25) is 9.59 Å². The number of hydrogen-bond donors (Lipinski definition) is 2. The van der Waals surface area contributed by atoms with Crippen molar-refractivity contribution in [2.75, 3.05) is 5.32 Å². The first kappa shape index (κ1) is 21.1. The van der Waals surface area contributed by atoms with Gasteiger partial charge in [-0.25, -0.2) is 5.43 Å². The van der Waals surface area contributed by atoms with E-state index >= 15 is 0 Å². The summed E-state index contributed by atoms with van der Waals surface area (Å²) in [5.74, 6) is 0.119. The lowest BCUT2D eigenvalue weighted by atomic mass is 10.2. The minimum absolute atomic E-state index is 0.204. The highest BCUT2D eigenvalue weighted by atomic mass is 35.5. The van der Waals surface area contributed by atoms with Crippen molar-refractivity contribution in [1.82, 2.24) is 5.43 Å². The van der Waals surface area contributed by atoms with Crippen LogP contribution in [-0.4, -0.2) is 18.0 Å². The molecule has 0 unspecified atom stereocenters. The van der Waals surface area contributed by atoms with E-state index in [-0.39, 0.29) is 11.8 Å². The van der Waals surface area contributed by atoms with Crippen LogP contribution in [-0.2, 0) is 11.4 Å². The summed E-state index contributed by atoms with van der Waals surface area (Å²) in [6.07, 6.45) is 1.54. The molecular weight excluding hydrogens is 402 g/mol.